The molecule has 2 atom stereocenters. The molecule has 1 saturated heterocycles. The first-order chi connectivity index (χ1) is 5.91. The van der Waals surface area contributed by atoms with Crippen molar-refractivity contribution >= 4 is 9.84 Å². The largest absolute Gasteiger partial charge is 0.301 e. The molecule has 1 aliphatic rings. The van der Waals surface area contributed by atoms with Crippen molar-refractivity contribution in [3.8, 4) is 0 Å². The number of hydrogen-bond donors (Lipinski definition) is 1. The summed E-state index contributed by atoms with van der Waals surface area (Å²) in [7, 11) is -2.90. The summed E-state index contributed by atoms with van der Waals surface area (Å²) in [6, 6.07) is 0. The SMILES string of the molecule is CC(C)C1CCNC(S(C)(=O)=O)C1. The topological polar surface area (TPSA) is 46.2 Å². The van der Waals surface area contributed by atoms with Crippen molar-refractivity contribution in [2.24, 2.45) is 11.8 Å². The van der Waals surface area contributed by atoms with Crippen LogP contribution < -0.4 is 5.32 Å². The number of hydrogen-bond acceptors (Lipinski definition) is 3. The maximum absolute atomic E-state index is 11.3. The molecule has 1 aliphatic heterocycles. The fourth-order valence-corrected chi connectivity index (χ4v) is 2.85. The number of sulfone groups is 1. The van der Waals surface area contributed by atoms with Crippen LogP contribution in [0.4, 0.5) is 0 Å². The summed E-state index contributed by atoms with van der Waals surface area (Å²) in [6.45, 7) is 5.16. The van der Waals surface area contributed by atoms with E-state index in [1.807, 2.05) is 0 Å². The molecule has 0 amide bonds. The molecular weight excluding hydrogens is 186 g/mol. The molecule has 0 aromatic heterocycles. The molecule has 1 fully saturated rings. The Kier molecular flexibility index (Phi) is 3.35. The molecule has 0 bridgehead atoms. The molecule has 0 aromatic carbocycles. The molecule has 13 heavy (non-hydrogen) atoms. The summed E-state index contributed by atoms with van der Waals surface area (Å²) in [4.78, 5) is 0. The van der Waals surface area contributed by atoms with Crippen LogP contribution >= 0.6 is 0 Å². The van der Waals surface area contributed by atoms with Crippen molar-refractivity contribution < 1.29 is 8.42 Å². The van der Waals surface area contributed by atoms with E-state index in [0.717, 1.165) is 19.4 Å². The molecular formula is C9H19NO2S. The van der Waals surface area contributed by atoms with E-state index in [-0.39, 0.29) is 5.37 Å². The minimum absolute atomic E-state index is 0.311. The smallest absolute Gasteiger partial charge is 0.163 e. The molecule has 1 rings (SSSR count). The third-order valence-corrected chi connectivity index (χ3v) is 4.26. The highest BCUT2D eigenvalue weighted by Gasteiger charge is 2.29. The van der Waals surface area contributed by atoms with E-state index in [1.165, 1.54) is 6.26 Å². The zero-order chi connectivity index (χ0) is 10.1. The van der Waals surface area contributed by atoms with Gasteiger partial charge in [0.2, 0.25) is 0 Å². The summed E-state index contributed by atoms with van der Waals surface area (Å²) < 4.78 is 22.6. The predicted molar refractivity (Wildman–Crippen MR) is 54.2 cm³/mol. The first kappa shape index (κ1) is 11.0. The molecule has 1 heterocycles. The molecule has 0 saturated carbocycles. The summed E-state index contributed by atoms with van der Waals surface area (Å²) in [6.07, 6.45) is 3.19. The van der Waals surface area contributed by atoms with Gasteiger partial charge < -0.3 is 5.32 Å². The van der Waals surface area contributed by atoms with Crippen LogP contribution in [0.1, 0.15) is 26.7 Å². The van der Waals surface area contributed by atoms with Crippen LogP contribution in [0.15, 0.2) is 0 Å². The molecule has 2 unspecified atom stereocenters. The Labute approximate surface area is 80.8 Å². The van der Waals surface area contributed by atoms with Gasteiger partial charge in [-0.3, -0.25) is 0 Å². The first-order valence-electron chi connectivity index (χ1n) is 4.83. The maximum atomic E-state index is 11.3. The molecule has 0 aromatic rings. The average molecular weight is 205 g/mol. The maximum Gasteiger partial charge on any atom is 0.163 e. The summed E-state index contributed by atoms with van der Waals surface area (Å²) in [5, 5.41) is 2.74. The highest BCUT2D eigenvalue weighted by Crippen LogP contribution is 2.25. The van der Waals surface area contributed by atoms with E-state index in [1.54, 1.807) is 0 Å². The predicted octanol–water partition coefficient (Wildman–Crippen LogP) is 1.01. The van der Waals surface area contributed by atoms with E-state index >= 15 is 0 Å². The Morgan fingerprint density at radius 1 is 1.38 bits per heavy atom. The monoisotopic (exact) mass is 205 g/mol. The van der Waals surface area contributed by atoms with Crippen molar-refractivity contribution in [2.75, 3.05) is 12.8 Å². The molecule has 78 valence electrons. The van der Waals surface area contributed by atoms with Gasteiger partial charge in [0.15, 0.2) is 9.84 Å². The normalized spacial score (nSPS) is 30.8. The van der Waals surface area contributed by atoms with Gasteiger partial charge in [0, 0.05) is 6.26 Å². The van der Waals surface area contributed by atoms with Crippen molar-refractivity contribution in [2.45, 2.75) is 32.1 Å². The zero-order valence-corrected chi connectivity index (χ0v) is 9.39. The highest BCUT2D eigenvalue weighted by molar-refractivity contribution is 7.91. The second-order valence-electron chi connectivity index (χ2n) is 4.30. The number of piperidine rings is 1. The Balaban J connectivity index is 2.62. The third-order valence-electron chi connectivity index (χ3n) is 2.86. The minimum Gasteiger partial charge on any atom is -0.301 e. The van der Waals surface area contributed by atoms with E-state index < -0.39 is 9.84 Å². The van der Waals surface area contributed by atoms with Crippen molar-refractivity contribution in [3.05, 3.63) is 0 Å². The van der Waals surface area contributed by atoms with Crippen LogP contribution in [0.3, 0.4) is 0 Å². The fourth-order valence-electron chi connectivity index (χ4n) is 1.84. The van der Waals surface area contributed by atoms with Crippen LogP contribution in [0.5, 0.6) is 0 Å². The van der Waals surface area contributed by atoms with Crippen molar-refractivity contribution in [3.63, 3.8) is 0 Å². The van der Waals surface area contributed by atoms with E-state index in [9.17, 15) is 8.42 Å². The quantitative estimate of drug-likeness (QED) is 0.732. The van der Waals surface area contributed by atoms with E-state index in [2.05, 4.69) is 19.2 Å². The van der Waals surface area contributed by atoms with Crippen LogP contribution in [0.25, 0.3) is 0 Å². The van der Waals surface area contributed by atoms with Gasteiger partial charge in [-0.1, -0.05) is 13.8 Å². The standard InChI is InChI=1S/C9H19NO2S/c1-7(2)8-4-5-10-9(6-8)13(3,11)12/h7-10H,4-6H2,1-3H3. The lowest BCUT2D eigenvalue weighted by atomic mass is 9.87. The van der Waals surface area contributed by atoms with Crippen molar-refractivity contribution in [1.29, 1.82) is 0 Å². The zero-order valence-electron chi connectivity index (χ0n) is 8.58. The fraction of sp³-hybridized carbons (Fsp3) is 1.00. The molecule has 1 N–H and O–H groups in total. The molecule has 0 spiro atoms. The lowest BCUT2D eigenvalue weighted by Crippen LogP contribution is -2.44. The van der Waals surface area contributed by atoms with Crippen molar-refractivity contribution in [1.82, 2.24) is 5.32 Å². The Bertz CT molecular complexity index is 259. The second kappa shape index (κ2) is 3.96. The third kappa shape index (κ3) is 2.95. The molecule has 0 aliphatic carbocycles. The minimum atomic E-state index is -2.90. The summed E-state index contributed by atoms with van der Waals surface area (Å²) >= 11 is 0. The first-order valence-corrected chi connectivity index (χ1v) is 6.79. The highest BCUT2D eigenvalue weighted by atomic mass is 32.2. The Hall–Kier alpha value is -0.0900. The number of nitrogens with one attached hydrogen (secondary N) is 1. The van der Waals surface area contributed by atoms with Gasteiger partial charge >= 0.3 is 0 Å². The van der Waals surface area contributed by atoms with Crippen LogP contribution in [-0.4, -0.2) is 26.6 Å². The van der Waals surface area contributed by atoms with Gasteiger partial charge in [0.05, 0.1) is 0 Å². The molecule has 4 heteroatoms. The van der Waals surface area contributed by atoms with Gasteiger partial charge in [-0.05, 0) is 31.2 Å². The molecule has 3 nitrogen and oxygen atoms in total. The lowest BCUT2D eigenvalue weighted by Gasteiger charge is -2.31. The Morgan fingerprint density at radius 2 is 2.00 bits per heavy atom. The van der Waals surface area contributed by atoms with Crippen LogP contribution in [0.2, 0.25) is 0 Å². The summed E-state index contributed by atoms with van der Waals surface area (Å²) in [5.74, 6) is 1.15. The van der Waals surface area contributed by atoms with Crippen LogP contribution in [-0.2, 0) is 9.84 Å². The Morgan fingerprint density at radius 3 is 2.46 bits per heavy atom. The van der Waals surface area contributed by atoms with Crippen LogP contribution in [0, 0.1) is 11.8 Å². The molecule has 0 radical (unpaired) electrons. The van der Waals surface area contributed by atoms with E-state index in [4.69, 9.17) is 0 Å². The average Bonchev–Trinajstić information content (AvgIpc) is 2.03. The van der Waals surface area contributed by atoms with Gasteiger partial charge in [0.1, 0.15) is 5.37 Å². The lowest BCUT2D eigenvalue weighted by molar-refractivity contribution is 0.274. The van der Waals surface area contributed by atoms with Gasteiger partial charge in [0.25, 0.3) is 0 Å². The second-order valence-corrected chi connectivity index (χ2v) is 6.53. The van der Waals surface area contributed by atoms with E-state index in [0.29, 0.717) is 11.8 Å². The summed E-state index contributed by atoms with van der Waals surface area (Å²) in [5.41, 5.74) is 0. The van der Waals surface area contributed by atoms with Gasteiger partial charge in [-0.2, -0.15) is 0 Å². The number of rotatable bonds is 2. The van der Waals surface area contributed by atoms with Gasteiger partial charge in [-0.25, -0.2) is 8.42 Å². The van der Waals surface area contributed by atoms with Gasteiger partial charge in [-0.15, -0.1) is 0 Å².